The molecule has 8 bridgehead atoms. The molecule has 0 aromatic carbocycles. The van der Waals surface area contributed by atoms with Crippen molar-refractivity contribution >= 4 is 46.4 Å². The normalized spacial score (nSPS) is 12.2. The molecule has 0 unspecified atom stereocenters. The van der Waals surface area contributed by atoms with Gasteiger partial charge in [-0.25, -0.2) is 9.97 Å². The third-order valence-corrected chi connectivity index (χ3v) is 4.04. The molecule has 4 nitrogen and oxygen atoms in total. The summed E-state index contributed by atoms with van der Waals surface area (Å²) in [4.78, 5) is 16.0. The molecule has 0 radical (unpaired) electrons. The Balaban J connectivity index is 0.00000157. The second-order valence-corrected chi connectivity index (χ2v) is 5.91. The fourth-order valence-corrected chi connectivity index (χ4v) is 2.94. The van der Waals surface area contributed by atoms with Gasteiger partial charge in [0, 0.05) is 70.9 Å². The van der Waals surface area contributed by atoms with Gasteiger partial charge in [-0.3, -0.25) is 0 Å². The van der Waals surface area contributed by atoms with Crippen LogP contribution >= 0.6 is 0 Å². The van der Waals surface area contributed by atoms with E-state index in [4.69, 9.17) is 0 Å². The van der Waals surface area contributed by atoms with Crippen molar-refractivity contribution in [3.8, 4) is 0 Å². The number of fused-ring (bicyclic) bond motifs is 8. The Morgan fingerprint density at radius 1 is 0.480 bits per heavy atom. The van der Waals surface area contributed by atoms with Crippen LogP contribution in [0.3, 0.4) is 0 Å². The van der Waals surface area contributed by atoms with Crippen molar-refractivity contribution in [2.75, 3.05) is 0 Å². The molecule has 3 aromatic rings. The molecule has 0 amide bonds. The molecule has 0 aliphatic carbocycles. The van der Waals surface area contributed by atoms with Crippen LogP contribution in [0.1, 0.15) is 22.8 Å². The van der Waals surface area contributed by atoms with Gasteiger partial charge in [0.15, 0.2) is 0 Å². The molecule has 5 heteroatoms. The number of hydrogen-bond acceptors (Lipinski definition) is 2. The maximum absolute atomic E-state index is 4.62. The van der Waals surface area contributed by atoms with Crippen LogP contribution in [0, 0.1) is 48.9 Å². The summed E-state index contributed by atoms with van der Waals surface area (Å²) in [6, 6.07) is 16.4. The van der Waals surface area contributed by atoms with E-state index in [0.29, 0.717) is 0 Å². The minimum atomic E-state index is 0. The maximum Gasteiger partial charge on any atom is 0.0659 e. The van der Waals surface area contributed by atoms with E-state index in [1.54, 1.807) is 0 Å². The van der Waals surface area contributed by atoms with E-state index in [-0.39, 0.29) is 48.9 Å². The van der Waals surface area contributed by atoms with Crippen molar-refractivity contribution in [2.24, 2.45) is 0 Å². The smallest absolute Gasteiger partial charge is 0.0659 e. The van der Waals surface area contributed by atoms with Crippen molar-refractivity contribution < 1.29 is 48.9 Å². The molecule has 0 spiro atoms. The molecule has 0 fully saturated rings. The maximum atomic E-state index is 4.62. The van der Waals surface area contributed by atoms with E-state index in [1.807, 2.05) is 42.5 Å². The van der Waals surface area contributed by atoms with Crippen LogP contribution in [-0.4, -0.2) is 19.9 Å². The summed E-state index contributed by atoms with van der Waals surface area (Å²) >= 11 is 0. The van der Waals surface area contributed by atoms with Gasteiger partial charge in [-0.1, -0.05) is 0 Å². The van der Waals surface area contributed by atoms with Crippen molar-refractivity contribution in [2.45, 2.75) is 0 Å². The van der Waals surface area contributed by atoms with Crippen LogP contribution in [0.2, 0.25) is 0 Å². The Labute approximate surface area is 184 Å². The molecule has 0 saturated heterocycles. The number of nitrogens with zero attached hydrogens (tertiary/aromatic N) is 2. The van der Waals surface area contributed by atoms with Crippen molar-refractivity contribution in [3.05, 3.63) is 71.3 Å². The first kappa shape index (κ1) is 16.6. The fourth-order valence-electron chi connectivity index (χ4n) is 2.94. The minimum absolute atomic E-state index is 0. The standard InChI is InChI=1S/C20H14N4.Xe/c1-2-14-10-16-5-6-18(23-16)12-20-8-7-19(24-20)11-17-4-3-15(22-17)9-13(1)21-14;/h1-12,21-22H;. The van der Waals surface area contributed by atoms with Gasteiger partial charge in [-0.15, -0.1) is 0 Å². The summed E-state index contributed by atoms with van der Waals surface area (Å²) in [5.74, 6) is 0. The van der Waals surface area contributed by atoms with Gasteiger partial charge in [0.1, 0.15) is 0 Å². The molecule has 2 N–H and O–H groups in total. The summed E-state index contributed by atoms with van der Waals surface area (Å²) in [6.45, 7) is 0. The van der Waals surface area contributed by atoms with E-state index in [9.17, 15) is 0 Å². The predicted octanol–water partition coefficient (Wildman–Crippen LogP) is 4.66. The zero-order chi connectivity index (χ0) is 15.9. The van der Waals surface area contributed by atoms with Gasteiger partial charge >= 0.3 is 0 Å². The number of rotatable bonds is 0. The second-order valence-electron chi connectivity index (χ2n) is 5.91. The second kappa shape index (κ2) is 6.82. The summed E-state index contributed by atoms with van der Waals surface area (Å²) in [5, 5.41) is 0. The molecular weight excluding hydrogens is 428 g/mol. The number of nitrogens with one attached hydrogen (secondary N) is 2. The SMILES string of the molecule is C1=Cc2cc3ccc(cc4ccc(cc5nc(cc1n2)C=C5)[nH]4)[nH]3.[Xe]. The van der Waals surface area contributed by atoms with E-state index in [0.717, 1.165) is 44.8 Å². The fraction of sp³-hybridized carbons (Fsp3) is 0. The quantitative estimate of drug-likeness (QED) is 0.367. The molecule has 2 aliphatic rings. The molecule has 2 aliphatic heterocycles. The van der Waals surface area contributed by atoms with Crippen LogP contribution in [0.5, 0.6) is 0 Å². The number of hydrogen-bond donors (Lipinski definition) is 2. The van der Waals surface area contributed by atoms with E-state index >= 15 is 0 Å². The molecule has 122 valence electrons. The van der Waals surface area contributed by atoms with Crippen LogP contribution in [0.25, 0.3) is 46.4 Å². The number of aromatic amines is 2. The number of aromatic nitrogens is 4. The van der Waals surface area contributed by atoms with Gasteiger partial charge in [0.25, 0.3) is 0 Å². The van der Waals surface area contributed by atoms with Crippen molar-refractivity contribution in [3.63, 3.8) is 0 Å². The van der Waals surface area contributed by atoms with Crippen LogP contribution < -0.4 is 0 Å². The third kappa shape index (κ3) is 3.58. The van der Waals surface area contributed by atoms with E-state index < -0.39 is 0 Å². The summed E-state index contributed by atoms with van der Waals surface area (Å²) in [5.41, 5.74) is 7.86. The molecule has 5 heterocycles. The monoisotopic (exact) mass is 442 g/mol. The van der Waals surface area contributed by atoms with E-state index in [1.165, 1.54) is 0 Å². The average molecular weight is 442 g/mol. The average Bonchev–Trinajstić information content (AvgIpc) is 3.32. The Bertz CT molecular complexity index is 1080. The van der Waals surface area contributed by atoms with Gasteiger partial charge in [-0.05, 0) is 72.8 Å². The Morgan fingerprint density at radius 2 is 0.840 bits per heavy atom. The first-order valence-corrected chi connectivity index (χ1v) is 7.85. The first-order chi connectivity index (χ1) is 11.8. The van der Waals surface area contributed by atoms with Gasteiger partial charge in [0.2, 0.25) is 0 Å². The van der Waals surface area contributed by atoms with Gasteiger partial charge in [-0.2, -0.15) is 0 Å². The molecule has 0 saturated carbocycles. The largest absolute Gasteiger partial charge is 0.355 e. The van der Waals surface area contributed by atoms with Crippen LogP contribution in [-0.2, 0) is 0 Å². The zero-order valence-electron chi connectivity index (χ0n) is 13.2. The van der Waals surface area contributed by atoms with Crippen LogP contribution in [0.15, 0.2) is 48.5 Å². The summed E-state index contributed by atoms with van der Waals surface area (Å²) in [7, 11) is 0. The molecule has 0 atom stereocenters. The van der Waals surface area contributed by atoms with Gasteiger partial charge < -0.3 is 9.97 Å². The van der Waals surface area contributed by atoms with Gasteiger partial charge in [0.05, 0.1) is 22.8 Å². The third-order valence-electron chi connectivity index (χ3n) is 4.04. The Morgan fingerprint density at radius 3 is 1.28 bits per heavy atom. The molecule has 3 aromatic heterocycles. The van der Waals surface area contributed by atoms with Crippen LogP contribution in [0.4, 0.5) is 0 Å². The Kier molecular flexibility index (Phi) is 4.54. The topological polar surface area (TPSA) is 57.4 Å². The zero-order valence-corrected chi connectivity index (χ0v) is 15.2. The summed E-state index contributed by atoms with van der Waals surface area (Å²) in [6.07, 6.45) is 8.05. The predicted molar refractivity (Wildman–Crippen MR) is 98.9 cm³/mol. The molecule has 25 heavy (non-hydrogen) atoms. The van der Waals surface area contributed by atoms with E-state index in [2.05, 4.69) is 50.3 Å². The Hall–Kier alpha value is -1.83. The molecular formula is C20H14N4Xe. The number of H-pyrrole nitrogens is 2. The van der Waals surface area contributed by atoms with Crippen molar-refractivity contribution in [1.82, 2.24) is 19.9 Å². The summed E-state index contributed by atoms with van der Waals surface area (Å²) < 4.78 is 0. The molecule has 5 rings (SSSR count). The van der Waals surface area contributed by atoms with Crippen molar-refractivity contribution in [1.29, 1.82) is 0 Å². The minimum Gasteiger partial charge on any atom is -0.355 e. The first-order valence-electron chi connectivity index (χ1n) is 7.85.